The van der Waals surface area contributed by atoms with E-state index in [4.69, 9.17) is 23.2 Å². The van der Waals surface area contributed by atoms with E-state index in [-0.39, 0.29) is 0 Å². The van der Waals surface area contributed by atoms with Gasteiger partial charge in [-0.3, -0.25) is 0 Å². The van der Waals surface area contributed by atoms with Crippen LogP contribution in [0.25, 0.3) is 11.1 Å². The average Bonchev–Trinajstić information content (AvgIpc) is 2.80. The SMILES string of the molecule is Clc1ccc(-c2cccc3c2NCC3)cc1Cl. The maximum absolute atomic E-state index is 6.06. The van der Waals surface area contributed by atoms with Crippen LogP contribution in [-0.4, -0.2) is 6.54 Å². The molecule has 0 saturated carbocycles. The first-order valence-electron chi connectivity index (χ1n) is 5.57. The quantitative estimate of drug-likeness (QED) is 0.791. The van der Waals surface area contributed by atoms with Gasteiger partial charge in [0.25, 0.3) is 0 Å². The van der Waals surface area contributed by atoms with Crippen molar-refractivity contribution in [2.75, 3.05) is 11.9 Å². The van der Waals surface area contributed by atoms with E-state index in [2.05, 4.69) is 23.5 Å². The first kappa shape index (κ1) is 10.9. The minimum atomic E-state index is 0.593. The largest absolute Gasteiger partial charge is 0.384 e. The second kappa shape index (κ2) is 4.25. The lowest BCUT2D eigenvalue weighted by atomic mass is 10.0. The number of fused-ring (bicyclic) bond motifs is 1. The van der Waals surface area contributed by atoms with E-state index in [0.717, 1.165) is 18.5 Å². The molecule has 3 rings (SSSR count). The predicted molar refractivity (Wildman–Crippen MR) is 74.1 cm³/mol. The second-order valence-corrected chi connectivity index (χ2v) is 4.96. The smallest absolute Gasteiger partial charge is 0.0598 e. The van der Waals surface area contributed by atoms with Crippen LogP contribution in [0.4, 0.5) is 5.69 Å². The van der Waals surface area contributed by atoms with Gasteiger partial charge in [-0.05, 0) is 29.7 Å². The summed E-state index contributed by atoms with van der Waals surface area (Å²) < 4.78 is 0. The monoisotopic (exact) mass is 263 g/mol. The van der Waals surface area contributed by atoms with Gasteiger partial charge in [-0.25, -0.2) is 0 Å². The van der Waals surface area contributed by atoms with Crippen molar-refractivity contribution >= 4 is 28.9 Å². The molecule has 2 aromatic carbocycles. The lowest BCUT2D eigenvalue weighted by molar-refractivity contribution is 1.11. The summed E-state index contributed by atoms with van der Waals surface area (Å²) in [5.41, 5.74) is 4.89. The van der Waals surface area contributed by atoms with Crippen LogP contribution in [0.15, 0.2) is 36.4 Å². The van der Waals surface area contributed by atoms with Crippen LogP contribution in [0.5, 0.6) is 0 Å². The molecule has 2 aromatic rings. The molecular weight excluding hydrogens is 253 g/mol. The molecule has 0 radical (unpaired) electrons. The van der Waals surface area contributed by atoms with Crippen molar-refractivity contribution in [3.05, 3.63) is 52.0 Å². The van der Waals surface area contributed by atoms with E-state index in [1.54, 1.807) is 0 Å². The van der Waals surface area contributed by atoms with Crippen LogP contribution in [0.3, 0.4) is 0 Å². The Labute approximate surface area is 110 Å². The van der Waals surface area contributed by atoms with Crippen LogP contribution in [0, 0.1) is 0 Å². The van der Waals surface area contributed by atoms with E-state index in [9.17, 15) is 0 Å². The molecule has 17 heavy (non-hydrogen) atoms. The zero-order valence-electron chi connectivity index (χ0n) is 9.13. The summed E-state index contributed by atoms with van der Waals surface area (Å²) in [6.45, 7) is 1.01. The Morgan fingerprint density at radius 3 is 2.71 bits per heavy atom. The molecule has 0 amide bonds. The van der Waals surface area contributed by atoms with Gasteiger partial charge in [0.05, 0.1) is 10.0 Å². The molecule has 3 heteroatoms. The Morgan fingerprint density at radius 2 is 1.88 bits per heavy atom. The molecule has 0 atom stereocenters. The van der Waals surface area contributed by atoms with Crippen molar-refractivity contribution in [2.45, 2.75) is 6.42 Å². The standard InChI is InChI=1S/C14H11Cl2N/c15-12-5-4-10(8-13(12)16)11-3-1-2-9-6-7-17-14(9)11/h1-5,8,17H,6-7H2. The van der Waals surface area contributed by atoms with E-state index >= 15 is 0 Å². The van der Waals surface area contributed by atoms with E-state index in [0.29, 0.717) is 10.0 Å². The summed E-state index contributed by atoms with van der Waals surface area (Å²) in [5, 5.41) is 4.62. The number of hydrogen-bond donors (Lipinski definition) is 1. The fourth-order valence-corrected chi connectivity index (χ4v) is 2.54. The first-order valence-corrected chi connectivity index (χ1v) is 6.32. The number of nitrogens with one attached hydrogen (secondary N) is 1. The Hall–Kier alpha value is -1.18. The molecular formula is C14H11Cl2N. The molecule has 0 spiro atoms. The molecule has 0 aliphatic carbocycles. The highest BCUT2D eigenvalue weighted by molar-refractivity contribution is 6.42. The minimum Gasteiger partial charge on any atom is -0.384 e. The van der Waals surface area contributed by atoms with Crippen molar-refractivity contribution in [1.29, 1.82) is 0 Å². The molecule has 1 aliphatic heterocycles. The molecule has 0 bridgehead atoms. The molecule has 1 N–H and O–H groups in total. The number of para-hydroxylation sites is 1. The van der Waals surface area contributed by atoms with Gasteiger partial charge >= 0.3 is 0 Å². The van der Waals surface area contributed by atoms with Crippen LogP contribution in [0.1, 0.15) is 5.56 Å². The van der Waals surface area contributed by atoms with Crippen LogP contribution in [0.2, 0.25) is 10.0 Å². The van der Waals surface area contributed by atoms with Gasteiger partial charge in [-0.2, -0.15) is 0 Å². The molecule has 1 nitrogen and oxygen atoms in total. The van der Waals surface area contributed by atoms with Crippen molar-refractivity contribution in [1.82, 2.24) is 0 Å². The van der Waals surface area contributed by atoms with Crippen molar-refractivity contribution in [3.8, 4) is 11.1 Å². The predicted octanol–water partition coefficient (Wildman–Crippen LogP) is 4.63. The summed E-state index contributed by atoms with van der Waals surface area (Å²) in [4.78, 5) is 0. The molecule has 0 saturated heterocycles. The van der Waals surface area contributed by atoms with Gasteiger partial charge in [0.2, 0.25) is 0 Å². The molecule has 86 valence electrons. The summed E-state index contributed by atoms with van der Waals surface area (Å²) in [5.74, 6) is 0. The normalized spacial score (nSPS) is 13.3. The minimum absolute atomic E-state index is 0.593. The van der Waals surface area contributed by atoms with Crippen LogP contribution in [-0.2, 0) is 6.42 Å². The fraction of sp³-hybridized carbons (Fsp3) is 0.143. The van der Waals surface area contributed by atoms with E-state index < -0.39 is 0 Å². The molecule has 0 unspecified atom stereocenters. The van der Waals surface area contributed by atoms with Crippen molar-refractivity contribution in [3.63, 3.8) is 0 Å². The van der Waals surface area contributed by atoms with E-state index in [1.165, 1.54) is 16.8 Å². The third kappa shape index (κ3) is 1.90. The zero-order valence-corrected chi connectivity index (χ0v) is 10.6. The lowest BCUT2D eigenvalue weighted by Crippen LogP contribution is -1.93. The molecule has 1 aliphatic rings. The number of benzene rings is 2. The Bertz CT molecular complexity index is 578. The summed E-state index contributed by atoms with van der Waals surface area (Å²) in [6, 6.07) is 12.1. The molecule has 0 fully saturated rings. The highest BCUT2D eigenvalue weighted by Crippen LogP contribution is 2.36. The van der Waals surface area contributed by atoms with Gasteiger partial charge in [-0.1, -0.05) is 47.5 Å². The lowest BCUT2D eigenvalue weighted by Gasteiger charge is -2.09. The maximum atomic E-state index is 6.06. The van der Waals surface area contributed by atoms with Gasteiger partial charge in [-0.15, -0.1) is 0 Å². The second-order valence-electron chi connectivity index (χ2n) is 4.15. The number of hydrogen-bond acceptors (Lipinski definition) is 1. The number of halogens is 2. The number of anilines is 1. The Kier molecular flexibility index (Phi) is 2.73. The maximum Gasteiger partial charge on any atom is 0.0598 e. The van der Waals surface area contributed by atoms with Gasteiger partial charge in [0.1, 0.15) is 0 Å². The van der Waals surface area contributed by atoms with Crippen LogP contribution >= 0.6 is 23.2 Å². The highest BCUT2D eigenvalue weighted by atomic mass is 35.5. The Balaban J connectivity index is 2.15. The topological polar surface area (TPSA) is 12.0 Å². The fourth-order valence-electron chi connectivity index (χ4n) is 2.24. The van der Waals surface area contributed by atoms with Gasteiger partial charge < -0.3 is 5.32 Å². The molecule has 0 aromatic heterocycles. The Morgan fingerprint density at radius 1 is 1.00 bits per heavy atom. The third-order valence-electron chi connectivity index (χ3n) is 3.08. The van der Waals surface area contributed by atoms with Crippen molar-refractivity contribution in [2.24, 2.45) is 0 Å². The molecule has 1 heterocycles. The van der Waals surface area contributed by atoms with E-state index in [1.807, 2.05) is 18.2 Å². The average molecular weight is 264 g/mol. The first-order chi connectivity index (χ1) is 8.25. The summed E-state index contributed by atoms with van der Waals surface area (Å²) in [6.07, 6.45) is 1.09. The number of rotatable bonds is 1. The summed E-state index contributed by atoms with van der Waals surface area (Å²) >= 11 is 12.0. The third-order valence-corrected chi connectivity index (χ3v) is 3.82. The van der Waals surface area contributed by atoms with Crippen LogP contribution < -0.4 is 5.32 Å². The van der Waals surface area contributed by atoms with Gasteiger partial charge in [0.15, 0.2) is 0 Å². The van der Waals surface area contributed by atoms with Gasteiger partial charge in [0, 0.05) is 17.8 Å². The highest BCUT2D eigenvalue weighted by Gasteiger charge is 2.15. The zero-order chi connectivity index (χ0) is 11.8. The van der Waals surface area contributed by atoms with Crippen molar-refractivity contribution < 1.29 is 0 Å². The summed E-state index contributed by atoms with van der Waals surface area (Å²) in [7, 11) is 0.